The summed E-state index contributed by atoms with van der Waals surface area (Å²) in [5.41, 5.74) is 6.61. The SMILES string of the molecule is N#Cc1ccc(N2CCCC(CN)C2)c(F)c1. The molecule has 0 amide bonds. The molecule has 1 fully saturated rings. The van der Waals surface area contributed by atoms with Gasteiger partial charge >= 0.3 is 0 Å². The van der Waals surface area contributed by atoms with Crippen molar-refractivity contribution in [1.82, 2.24) is 0 Å². The maximum atomic E-state index is 13.8. The predicted molar refractivity (Wildman–Crippen MR) is 65.1 cm³/mol. The van der Waals surface area contributed by atoms with Crippen LogP contribution in [-0.4, -0.2) is 19.6 Å². The van der Waals surface area contributed by atoms with E-state index in [4.69, 9.17) is 11.0 Å². The normalized spacial score (nSPS) is 20.1. The molecule has 0 radical (unpaired) electrons. The zero-order valence-corrected chi connectivity index (χ0v) is 9.69. The number of hydrogen-bond acceptors (Lipinski definition) is 3. The highest BCUT2D eigenvalue weighted by atomic mass is 19.1. The first-order valence-electron chi connectivity index (χ1n) is 5.89. The number of anilines is 1. The molecular formula is C13H16FN3. The van der Waals surface area contributed by atoms with Crippen LogP contribution in [-0.2, 0) is 0 Å². The van der Waals surface area contributed by atoms with Crippen LogP contribution in [0, 0.1) is 23.1 Å². The summed E-state index contributed by atoms with van der Waals surface area (Å²) in [4.78, 5) is 2.03. The van der Waals surface area contributed by atoms with Gasteiger partial charge in [0.2, 0.25) is 0 Å². The molecule has 3 nitrogen and oxygen atoms in total. The quantitative estimate of drug-likeness (QED) is 0.848. The van der Waals surface area contributed by atoms with Gasteiger partial charge in [0.1, 0.15) is 5.82 Å². The van der Waals surface area contributed by atoms with Crippen LogP contribution in [0.3, 0.4) is 0 Å². The molecule has 1 aromatic carbocycles. The van der Waals surface area contributed by atoms with Crippen molar-refractivity contribution in [2.24, 2.45) is 11.7 Å². The van der Waals surface area contributed by atoms with Gasteiger partial charge in [-0.15, -0.1) is 0 Å². The number of nitrogens with zero attached hydrogens (tertiary/aromatic N) is 2. The van der Waals surface area contributed by atoms with Gasteiger partial charge in [0.05, 0.1) is 17.3 Å². The van der Waals surface area contributed by atoms with Gasteiger partial charge < -0.3 is 10.6 Å². The third-order valence-corrected chi connectivity index (χ3v) is 3.27. The molecule has 1 aliphatic heterocycles. The van der Waals surface area contributed by atoms with E-state index in [9.17, 15) is 4.39 Å². The number of benzene rings is 1. The standard InChI is InChI=1S/C13H16FN3/c14-12-6-10(7-15)3-4-13(12)17-5-1-2-11(8-16)9-17/h3-4,6,11H,1-2,5,8-9,16H2. The Balaban J connectivity index is 2.19. The maximum absolute atomic E-state index is 13.8. The second kappa shape index (κ2) is 5.15. The molecule has 0 spiro atoms. The minimum absolute atomic E-state index is 0.318. The first-order valence-corrected chi connectivity index (χ1v) is 5.89. The van der Waals surface area contributed by atoms with Crippen molar-refractivity contribution in [1.29, 1.82) is 5.26 Å². The van der Waals surface area contributed by atoms with Crippen LogP contribution >= 0.6 is 0 Å². The fraction of sp³-hybridized carbons (Fsp3) is 0.462. The molecule has 1 aliphatic rings. The summed E-state index contributed by atoms with van der Waals surface area (Å²) < 4.78 is 13.8. The molecule has 17 heavy (non-hydrogen) atoms. The van der Waals surface area contributed by atoms with Crippen molar-refractivity contribution in [2.45, 2.75) is 12.8 Å². The van der Waals surface area contributed by atoms with Gasteiger partial charge in [-0.25, -0.2) is 4.39 Å². The Hall–Kier alpha value is -1.60. The van der Waals surface area contributed by atoms with E-state index in [2.05, 4.69) is 0 Å². The number of halogens is 1. The van der Waals surface area contributed by atoms with Gasteiger partial charge in [0.15, 0.2) is 0 Å². The molecule has 4 heteroatoms. The Bertz CT molecular complexity index is 439. The highest BCUT2D eigenvalue weighted by molar-refractivity contribution is 5.51. The summed E-state index contributed by atoms with van der Waals surface area (Å²) in [6, 6.07) is 6.58. The maximum Gasteiger partial charge on any atom is 0.147 e. The Kier molecular flexibility index (Phi) is 3.60. The van der Waals surface area contributed by atoms with Crippen molar-refractivity contribution >= 4 is 5.69 Å². The van der Waals surface area contributed by atoms with Gasteiger partial charge in [-0.1, -0.05) is 0 Å². The molecular weight excluding hydrogens is 217 g/mol. The molecule has 1 aromatic rings. The van der Waals surface area contributed by atoms with E-state index in [1.54, 1.807) is 12.1 Å². The van der Waals surface area contributed by atoms with E-state index in [-0.39, 0.29) is 5.82 Å². The monoisotopic (exact) mass is 233 g/mol. The van der Waals surface area contributed by atoms with Crippen molar-refractivity contribution in [3.8, 4) is 6.07 Å². The zero-order chi connectivity index (χ0) is 12.3. The van der Waals surface area contributed by atoms with E-state index in [1.807, 2.05) is 11.0 Å². The van der Waals surface area contributed by atoms with E-state index in [0.29, 0.717) is 23.7 Å². The lowest BCUT2D eigenvalue weighted by Crippen LogP contribution is -2.38. The molecule has 0 bridgehead atoms. The summed E-state index contributed by atoms with van der Waals surface area (Å²) in [6.07, 6.45) is 2.16. The number of nitriles is 1. The summed E-state index contributed by atoms with van der Waals surface area (Å²) in [7, 11) is 0. The van der Waals surface area contributed by atoms with E-state index < -0.39 is 0 Å². The van der Waals surface area contributed by atoms with E-state index in [0.717, 1.165) is 25.9 Å². The summed E-state index contributed by atoms with van der Waals surface area (Å²) in [5.74, 6) is 0.125. The Morgan fingerprint density at radius 1 is 1.53 bits per heavy atom. The molecule has 1 unspecified atom stereocenters. The Labute approximate surface area is 101 Å². The number of rotatable bonds is 2. The van der Waals surface area contributed by atoms with Gasteiger partial charge in [-0.2, -0.15) is 5.26 Å². The van der Waals surface area contributed by atoms with Crippen molar-refractivity contribution < 1.29 is 4.39 Å². The summed E-state index contributed by atoms with van der Waals surface area (Å²) in [5, 5.41) is 8.70. The molecule has 1 saturated heterocycles. The number of piperidine rings is 1. The molecule has 0 aromatic heterocycles. The van der Waals surface area contributed by atoms with Crippen LogP contribution in [0.5, 0.6) is 0 Å². The highest BCUT2D eigenvalue weighted by Gasteiger charge is 2.21. The molecule has 1 heterocycles. The second-order valence-electron chi connectivity index (χ2n) is 4.47. The fourth-order valence-corrected chi connectivity index (χ4v) is 2.31. The van der Waals surface area contributed by atoms with E-state index >= 15 is 0 Å². The largest absolute Gasteiger partial charge is 0.369 e. The molecule has 0 aliphatic carbocycles. The Morgan fingerprint density at radius 3 is 3.00 bits per heavy atom. The van der Waals surface area contributed by atoms with Gasteiger partial charge in [0, 0.05) is 13.1 Å². The van der Waals surface area contributed by atoms with Crippen molar-refractivity contribution in [3.63, 3.8) is 0 Å². The fourth-order valence-electron chi connectivity index (χ4n) is 2.31. The lowest BCUT2D eigenvalue weighted by Gasteiger charge is -2.34. The topological polar surface area (TPSA) is 53.0 Å². The van der Waals surface area contributed by atoms with Crippen LogP contribution in [0.2, 0.25) is 0 Å². The summed E-state index contributed by atoms with van der Waals surface area (Å²) >= 11 is 0. The highest BCUT2D eigenvalue weighted by Crippen LogP contribution is 2.25. The molecule has 1 atom stereocenters. The third kappa shape index (κ3) is 2.56. The van der Waals surface area contributed by atoms with Crippen LogP contribution in [0.25, 0.3) is 0 Å². The average molecular weight is 233 g/mol. The lowest BCUT2D eigenvalue weighted by molar-refractivity contribution is 0.420. The molecule has 2 rings (SSSR count). The van der Waals surface area contributed by atoms with Crippen LogP contribution < -0.4 is 10.6 Å². The van der Waals surface area contributed by atoms with Gasteiger partial charge in [-0.3, -0.25) is 0 Å². The predicted octanol–water partition coefficient (Wildman–Crippen LogP) is 1.87. The number of nitrogens with two attached hydrogens (primary N) is 1. The zero-order valence-electron chi connectivity index (χ0n) is 9.69. The van der Waals surface area contributed by atoms with Crippen LogP contribution in [0.4, 0.5) is 10.1 Å². The van der Waals surface area contributed by atoms with Crippen molar-refractivity contribution in [3.05, 3.63) is 29.6 Å². The second-order valence-corrected chi connectivity index (χ2v) is 4.47. The van der Waals surface area contributed by atoms with Gasteiger partial charge in [0.25, 0.3) is 0 Å². The lowest BCUT2D eigenvalue weighted by atomic mass is 9.97. The summed E-state index contributed by atoms with van der Waals surface area (Å²) in [6.45, 7) is 2.31. The minimum atomic E-state index is -0.318. The molecule has 2 N–H and O–H groups in total. The Morgan fingerprint density at radius 2 is 2.35 bits per heavy atom. The number of hydrogen-bond donors (Lipinski definition) is 1. The van der Waals surface area contributed by atoms with E-state index in [1.165, 1.54) is 6.07 Å². The van der Waals surface area contributed by atoms with Crippen molar-refractivity contribution in [2.75, 3.05) is 24.5 Å². The van der Waals surface area contributed by atoms with Crippen LogP contribution in [0.15, 0.2) is 18.2 Å². The molecule has 90 valence electrons. The first-order chi connectivity index (χ1) is 8.24. The average Bonchev–Trinajstić information content (AvgIpc) is 2.38. The van der Waals surface area contributed by atoms with Gasteiger partial charge in [-0.05, 0) is 43.5 Å². The third-order valence-electron chi connectivity index (χ3n) is 3.27. The smallest absolute Gasteiger partial charge is 0.147 e. The van der Waals surface area contributed by atoms with Crippen LogP contribution in [0.1, 0.15) is 18.4 Å². The minimum Gasteiger partial charge on any atom is -0.369 e. The molecule has 0 saturated carbocycles. The first kappa shape index (κ1) is 11.9.